The predicted octanol–water partition coefficient (Wildman–Crippen LogP) is 2.97. The number of benzene rings is 1. The molecular weight excluding hydrogens is 423 g/mol. The number of carbonyl (C=O) groups is 1. The number of halogens is 1. The average Bonchev–Trinajstić information content (AvgIpc) is 3.11. The summed E-state index contributed by atoms with van der Waals surface area (Å²) in [5.74, 6) is -0.485. The molecule has 0 radical (unpaired) electrons. The monoisotopic (exact) mass is 444 g/mol. The van der Waals surface area contributed by atoms with Crippen molar-refractivity contribution in [3.63, 3.8) is 0 Å². The molecule has 1 amide bonds. The first-order valence-electron chi connectivity index (χ1n) is 8.87. The van der Waals surface area contributed by atoms with Gasteiger partial charge >= 0.3 is 0 Å². The Labute approximate surface area is 171 Å². The van der Waals surface area contributed by atoms with Crippen molar-refractivity contribution in [1.82, 2.24) is 14.5 Å². The van der Waals surface area contributed by atoms with E-state index in [9.17, 15) is 17.6 Å². The van der Waals surface area contributed by atoms with E-state index in [1.54, 1.807) is 17.8 Å². The number of aromatic nitrogens is 2. The van der Waals surface area contributed by atoms with Crippen LogP contribution in [0.15, 0.2) is 28.6 Å². The topological polar surface area (TPSA) is 92.3 Å². The van der Waals surface area contributed by atoms with Crippen molar-refractivity contribution in [3.8, 4) is 0 Å². The fourth-order valence-electron chi connectivity index (χ4n) is 2.95. The Hall–Kier alpha value is -1.56. The van der Waals surface area contributed by atoms with Gasteiger partial charge in [-0.2, -0.15) is 0 Å². The SMILES string of the molecule is CCSc1nnc(NC(=O)C2CCN(S(=O)(=O)Cc3ccccc3F)CC2)s1. The second kappa shape index (κ2) is 9.29. The molecule has 0 bridgehead atoms. The predicted molar refractivity (Wildman–Crippen MR) is 108 cm³/mol. The molecule has 152 valence electrons. The minimum atomic E-state index is -3.63. The number of rotatable bonds is 7. The van der Waals surface area contributed by atoms with Crippen LogP contribution in [-0.4, -0.2) is 47.7 Å². The smallest absolute Gasteiger partial charge is 0.229 e. The Bertz CT molecular complexity index is 927. The number of hydrogen-bond acceptors (Lipinski definition) is 7. The number of thioether (sulfide) groups is 1. The van der Waals surface area contributed by atoms with Gasteiger partial charge in [0.2, 0.25) is 21.1 Å². The molecule has 0 spiro atoms. The van der Waals surface area contributed by atoms with Gasteiger partial charge in [-0.05, 0) is 24.7 Å². The highest BCUT2D eigenvalue weighted by molar-refractivity contribution is 8.01. The zero-order chi connectivity index (χ0) is 20.1. The number of nitrogens with one attached hydrogen (secondary N) is 1. The van der Waals surface area contributed by atoms with Crippen LogP contribution >= 0.6 is 23.1 Å². The molecular formula is C17H21FN4O3S3. The lowest BCUT2D eigenvalue weighted by molar-refractivity contribution is -0.120. The standard InChI is InChI=1S/C17H21FN4O3S3/c1-2-26-17-21-20-16(27-17)19-15(23)12-7-9-22(10-8-12)28(24,25)11-13-5-3-4-6-14(13)18/h3-6,12H,2,7-11H2,1H3,(H,19,20,23). The van der Waals surface area contributed by atoms with Crippen LogP contribution in [0.3, 0.4) is 0 Å². The number of piperidine rings is 1. The molecule has 0 aliphatic carbocycles. The maximum atomic E-state index is 13.8. The van der Waals surface area contributed by atoms with Gasteiger partial charge in [-0.25, -0.2) is 17.1 Å². The summed E-state index contributed by atoms with van der Waals surface area (Å²) < 4.78 is 41.1. The summed E-state index contributed by atoms with van der Waals surface area (Å²) in [5, 5.41) is 11.2. The first-order valence-corrected chi connectivity index (χ1v) is 12.3. The van der Waals surface area contributed by atoms with E-state index in [0.29, 0.717) is 18.0 Å². The highest BCUT2D eigenvalue weighted by atomic mass is 32.2. The molecule has 0 unspecified atom stereocenters. The molecule has 1 aliphatic rings. The molecule has 11 heteroatoms. The minimum Gasteiger partial charge on any atom is -0.300 e. The Morgan fingerprint density at radius 2 is 2.04 bits per heavy atom. The quantitative estimate of drug-likeness (QED) is 0.521. The van der Waals surface area contributed by atoms with Gasteiger partial charge in [0, 0.05) is 24.6 Å². The normalized spacial score (nSPS) is 16.2. The largest absolute Gasteiger partial charge is 0.300 e. The lowest BCUT2D eigenvalue weighted by Crippen LogP contribution is -2.42. The third-order valence-electron chi connectivity index (χ3n) is 4.42. The first-order chi connectivity index (χ1) is 13.4. The van der Waals surface area contributed by atoms with Crippen LogP contribution in [0.5, 0.6) is 0 Å². The van der Waals surface area contributed by atoms with Crippen LogP contribution in [-0.2, 0) is 20.6 Å². The molecule has 1 aromatic carbocycles. The first kappa shape index (κ1) is 21.2. The number of carbonyl (C=O) groups excluding carboxylic acids is 1. The fraction of sp³-hybridized carbons (Fsp3) is 0.471. The molecule has 0 atom stereocenters. The van der Waals surface area contributed by atoms with Crippen LogP contribution in [0.1, 0.15) is 25.3 Å². The highest BCUT2D eigenvalue weighted by Gasteiger charge is 2.32. The van der Waals surface area contributed by atoms with Crippen molar-refractivity contribution in [3.05, 3.63) is 35.6 Å². The van der Waals surface area contributed by atoms with Gasteiger partial charge < -0.3 is 5.32 Å². The van der Waals surface area contributed by atoms with Crippen LogP contribution in [0, 0.1) is 11.7 Å². The van der Waals surface area contributed by atoms with Crippen molar-refractivity contribution in [2.24, 2.45) is 5.92 Å². The minimum absolute atomic E-state index is 0.152. The number of nitrogens with zero attached hydrogens (tertiary/aromatic N) is 3. The third kappa shape index (κ3) is 5.28. The van der Waals surface area contributed by atoms with E-state index >= 15 is 0 Å². The summed E-state index contributed by atoms with van der Waals surface area (Å²) in [4.78, 5) is 12.4. The lowest BCUT2D eigenvalue weighted by Gasteiger charge is -2.30. The number of amides is 1. The second-order valence-corrected chi connectivity index (χ2v) is 10.8. The van der Waals surface area contributed by atoms with Gasteiger partial charge in [0.1, 0.15) is 5.82 Å². The number of sulfonamides is 1. The maximum absolute atomic E-state index is 13.8. The molecule has 1 N–H and O–H groups in total. The van der Waals surface area contributed by atoms with Crippen LogP contribution < -0.4 is 5.32 Å². The molecule has 1 saturated heterocycles. The molecule has 1 fully saturated rings. The van der Waals surface area contributed by atoms with Crippen LogP contribution in [0.2, 0.25) is 0 Å². The van der Waals surface area contributed by atoms with Gasteiger partial charge in [0.25, 0.3) is 0 Å². The summed E-state index contributed by atoms with van der Waals surface area (Å²) in [6.45, 7) is 2.49. The van der Waals surface area contributed by atoms with E-state index in [1.807, 2.05) is 6.92 Å². The second-order valence-electron chi connectivity index (χ2n) is 6.32. The molecule has 2 aromatic rings. The van der Waals surface area contributed by atoms with Gasteiger partial charge in [-0.1, -0.05) is 48.2 Å². The van der Waals surface area contributed by atoms with Crippen LogP contribution in [0.25, 0.3) is 0 Å². The molecule has 28 heavy (non-hydrogen) atoms. The third-order valence-corrected chi connectivity index (χ3v) is 8.10. The zero-order valence-electron chi connectivity index (χ0n) is 15.3. The molecule has 1 aromatic heterocycles. The van der Waals surface area contributed by atoms with Crippen molar-refractivity contribution < 1.29 is 17.6 Å². The van der Waals surface area contributed by atoms with Gasteiger partial charge in [-0.3, -0.25) is 4.79 Å². The Kier molecular flexibility index (Phi) is 7.02. The maximum Gasteiger partial charge on any atom is 0.229 e. The van der Waals surface area contributed by atoms with Gasteiger partial charge in [0.15, 0.2) is 4.34 Å². The molecule has 7 nitrogen and oxygen atoms in total. The fourth-order valence-corrected chi connectivity index (χ4v) is 6.18. The number of anilines is 1. The van der Waals surface area contributed by atoms with E-state index in [4.69, 9.17) is 0 Å². The Morgan fingerprint density at radius 1 is 1.32 bits per heavy atom. The Balaban J connectivity index is 1.54. The molecule has 0 saturated carbocycles. The van der Waals surface area contributed by atoms with E-state index in [0.717, 1.165) is 10.1 Å². The van der Waals surface area contributed by atoms with Gasteiger partial charge in [-0.15, -0.1) is 10.2 Å². The zero-order valence-corrected chi connectivity index (χ0v) is 17.7. The number of hydrogen-bond donors (Lipinski definition) is 1. The lowest BCUT2D eigenvalue weighted by atomic mass is 9.97. The van der Waals surface area contributed by atoms with Crippen molar-refractivity contribution in [2.75, 3.05) is 24.2 Å². The Morgan fingerprint density at radius 3 is 2.71 bits per heavy atom. The van der Waals surface area contributed by atoms with Crippen LogP contribution in [0.4, 0.5) is 9.52 Å². The van der Waals surface area contributed by atoms with Gasteiger partial charge in [0.05, 0.1) is 5.75 Å². The summed E-state index contributed by atoms with van der Waals surface area (Å²) >= 11 is 2.88. The average molecular weight is 445 g/mol. The van der Waals surface area contributed by atoms with E-state index < -0.39 is 15.8 Å². The molecule has 3 rings (SSSR count). The molecule has 1 aliphatic heterocycles. The van der Waals surface area contributed by atoms with Crippen molar-refractivity contribution in [1.29, 1.82) is 0 Å². The summed E-state index contributed by atoms with van der Waals surface area (Å²) in [7, 11) is -3.63. The summed E-state index contributed by atoms with van der Waals surface area (Å²) in [6.07, 6.45) is 0.829. The molecule has 2 heterocycles. The van der Waals surface area contributed by atoms with E-state index in [-0.39, 0.29) is 36.2 Å². The van der Waals surface area contributed by atoms with E-state index in [1.165, 1.54) is 33.8 Å². The van der Waals surface area contributed by atoms with Crippen molar-refractivity contribution >= 4 is 44.2 Å². The summed E-state index contributed by atoms with van der Waals surface area (Å²) in [6, 6.07) is 5.86. The van der Waals surface area contributed by atoms with E-state index in [2.05, 4.69) is 15.5 Å². The highest BCUT2D eigenvalue weighted by Crippen LogP contribution is 2.27. The van der Waals surface area contributed by atoms with Crippen molar-refractivity contribution in [2.45, 2.75) is 29.9 Å². The summed E-state index contributed by atoms with van der Waals surface area (Å²) in [5.41, 5.74) is 0.152.